The number of rotatable bonds is 9. The second-order valence-corrected chi connectivity index (χ2v) is 6.84. The molecule has 3 nitrogen and oxygen atoms in total. The Morgan fingerprint density at radius 2 is 1.37 bits per heavy atom. The van der Waals surface area contributed by atoms with Gasteiger partial charge in [-0.1, -0.05) is 12.1 Å². The van der Waals surface area contributed by atoms with E-state index in [9.17, 15) is 4.39 Å². The minimum absolute atomic E-state index is 0.216. The highest BCUT2D eigenvalue weighted by molar-refractivity contribution is 6.60. The fraction of sp³-hybridized carbons (Fsp3) is 0.571. The third-order valence-electron chi connectivity index (χ3n) is 2.73. The van der Waals surface area contributed by atoms with Gasteiger partial charge in [0.1, 0.15) is 5.82 Å². The van der Waals surface area contributed by atoms with Crippen LogP contribution in [0.5, 0.6) is 0 Å². The summed E-state index contributed by atoms with van der Waals surface area (Å²) in [5, 5.41) is 0. The lowest BCUT2D eigenvalue weighted by Gasteiger charge is -2.28. The van der Waals surface area contributed by atoms with Gasteiger partial charge in [-0.05, 0) is 44.9 Å². The molecule has 0 amide bonds. The zero-order valence-corrected chi connectivity index (χ0v) is 12.9. The molecule has 0 radical (unpaired) electrons. The summed E-state index contributed by atoms with van der Waals surface area (Å²) >= 11 is 0. The third kappa shape index (κ3) is 5.40. The smallest absolute Gasteiger partial charge is 0.374 e. The van der Waals surface area contributed by atoms with E-state index < -0.39 is 8.80 Å². The summed E-state index contributed by atoms with van der Waals surface area (Å²) in [5.74, 6) is -0.216. The van der Waals surface area contributed by atoms with Crippen molar-refractivity contribution < 1.29 is 17.7 Å². The van der Waals surface area contributed by atoms with Crippen LogP contribution in [0.4, 0.5) is 4.39 Å². The fourth-order valence-corrected chi connectivity index (χ4v) is 4.55. The highest BCUT2D eigenvalue weighted by Crippen LogP contribution is 2.19. The standard InChI is InChI=1S/C14H23FO3Si/c1-4-16-19(17-5-2,18-6-3)12-11-13-7-9-14(15)10-8-13/h7-10H,4-6,11-12H2,1-3H3. The summed E-state index contributed by atoms with van der Waals surface area (Å²) in [6.45, 7) is 7.56. The van der Waals surface area contributed by atoms with Crippen LogP contribution in [0.2, 0.25) is 6.04 Å². The molecule has 0 aliphatic carbocycles. The monoisotopic (exact) mass is 286 g/mol. The summed E-state index contributed by atoms with van der Waals surface area (Å²) < 4.78 is 30.2. The van der Waals surface area contributed by atoms with Crippen molar-refractivity contribution in [1.82, 2.24) is 0 Å². The van der Waals surface area contributed by atoms with E-state index in [-0.39, 0.29) is 5.82 Å². The van der Waals surface area contributed by atoms with Crippen LogP contribution >= 0.6 is 0 Å². The summed E-state index contributed by atoms with van der Waals surface area (Å²) in [4.78, 5) is 0. The molecule has 0 bridgehead atoms. The Morgan fingerprint density at radius 1 is 0.895 bits per heavy atom. The largest absolute Gasteiger partial charge is 0.501 e. The van der Waals surface area contributed by atoms with Gasteiger partial charge in [-0.3, -0.25) is 0 Å². The Balaban J connectivity index is 2.67. The van der Waals surface area contributed by atoms with Crippen molar-refractivity contribution >= 4 is 8.80 Å². The molecule has 0 atom stereocenters. The van der Waals surface area contributed by atoms with Crippen LogP contribution in [-0.2, 0) is 19.7 Å². The lowest BCUT2D eigenvalue weighted by Crippen LogP contribution is -2.46. The van der Waals surface area contributed by atoms with Crippen molar-refractivity contribution in [3.8, 4) is 0 Å². The SMILES string of the molecule is CCO[Si](CCc1ccc(F)cc1)(OCC)OCC. The van der Waals surface area contributed by atoms with Gasteiger partial charge in [0, 0.05) is 25.9 Å². The van der Waals surface area contributed by atoms with Crippen molar-refractivity contribution in [2.45, 2.75) is 33.2 Å². The molecule has 108 valence electrons. The molecule has 0 unspecified atom stereocenters. The molecule has 0 saturated heterocycles. The topological polar surface area (TPSA) is 27.7 Å². The number of benzene rings is 1. The average Bonchev–Trinajstić information content (AvgIpc) is 2.39. The predicted octanol–water partition coefficient (Wildman–Crippen LogP) is 3.42. The number of halogens is 1. The molecule has 0 aliphatic rings. The fourth-order valence-electron chi connectivity index (χ4n) is 1.95. The molecule has 1 aromatic carbocycles. The van der Waals surface area contributed by atoms with Crippen LogP contribution in [0.15, 0.2) is 24.3 Å². The van der Waals surface area contributed by atoms with Gasteiger partial charge in [-0.2, -0.15) is 0 Å². The van der Waals surface area contributed by atoms with Crippen LogP contribution in [0.3, 0.4) is 0 Å². The van der Waals surface area contributed by atoms with Crippen molar-refractivity contribution in [3.05, 3.63) is 35.6 Å². The van der Waals surface area contributed by atoms with E-state index in [0.717, 1.165) is 12.0 Å². The molecule has 0 fully saturated rings. The second-order valence-electron chi connectivity index (χ2n) is 4.11. The summed E-state index contributed by atoms with van der Waals surface area (Å²) in [5.41, 5.74) is 1.07. The molecule has 0 N–H and O–H groups in total. The first-order valence-electron chi connectivity index (χ1n) is 6.82. The molecule has 0 spiro atoms. The molecule has 1 rings (SSSR count). The van der Waals surface area contributed by atoms with Crippen LogP contribution in [0, 0.1) is 5.82 Å². The second kappa shape index (κ2) is 8.42. The first-order chi connectivity index (χ1) is 9.15. The lowest BCUT2D eigenvalue weighted by atomic mass is 10.2. The lowest BCUT2D eigenvalue weighted by molar-refractivity contribution is 0.0714. The van der Waals surface area contributed by atoms with Crippen LogP contribution in [0.1, 0.15) is 26.3 Å². The molecular weight excluding hydrogens is 263 g/mol. The normalized spacial score (nSPS) is 11.8. The van der Waals surface area contributed by atoms with Crippen molar-refractivity contribution in [2.24, 2.45) is 0 Å². The summed E-state index contributed by atoms with van der Waals surface area (Å²) in [7, 11) is -2.59. The first-order valence-corrected chi connectivity index (χ1v) is 8.75. The molecule has 0 saturated carbocycles. The summed E-state index contributed by atoms with van der Waals surface area (Å²) in [6, 6.07) is 7.24. The van der Waals surface area contributed by atoms with Gasteiger partial charge in [-0.15, -0.1) is 0 Å². The quantitative estimate of drug-likeness (QED) is 0.651. The van der Waals surface area contributed by atoms with E-state index in [1.165, 1.54) is 12.1 Å². The van der Waals surface area contributed by atoms with Gasteiger partial charge in [0.05, 0.1) is 0 Å². The average molecular weight is 286 g/mol. The Kier molecular flexibility index (Phi) is 7.23. The van der Waals surface area contributed by atoms with Crippen LogP contribution in [0.25, 0.3) is 0 Å². The number of aryl methyl sites for hydroxylation is 1. The maximum atomic E-state index is 12.9. The Hall–Kier alpha value is -0.753. The minimum atomic E-state index is -2.59. The van der Waals surface area contributed by atoms with Crippen molar-refractivity contribution in [1.29, 1.82) is 0 Å². The van der Waals surface area contributed by atoms with Crippen LogP contribution < -0.4 is 0 Å². The molecule has 0 aromatic heterocycles. The van der Waals surface area contributed by atoms with E-state index in [0.29, 0.717) is 25.9 Å². The maximum absolute atomic E-state index is 12.9. The van der Waals surface area contributed by atoms with Gasteiger partial charge in [-0.25, -0.2) is 4.39 Å². The van der Waals surface area contributed by atoms with E-state index >= 15 is 0 Å². The molecule has 0 aliphatic heterocycles. The predicted molar refractivity (Wildman–Crippen MR) is 75.5 cm³/mol. The molecular formula is C14H23FO3Si. The van der Waals surface area contributed by atoms with Crippen molar-refractivity contribution in [2.75, 3.05) is 19.8 Å². The van der Waals surface area contributed by atoms with E-state index in [1.54, 1.807) is 12.1 Å². The first kappa shape index (κ1) is 16.3. The Bertz CT molecular complexity index is 339. The van der Waals surface area contributed by atoms with Gasteiger partial charge in [0.25, 0.3) is 0 Å². The molecule has 0 heterocycles. The van der Waals surface area contributed by atoms with E-state index in [1.807, 2.05) is 20.8 Å². The Morgan fingerprint density at radius 3 is 1.79 bits per heavy atom. The van der Waals surface area contributed by atoms with Gasteiger partial charge in [0.15, 0.2) is 0 Å². The maximum Gasteiger partial charge on any atom is 0.501 e. The molecule has 5 heteroatoms. The van der Waals surface area contributed by atoms with Gasteiger partial charge >= 0.3 is 8.80 Å². The minimum Gasteiger partial charge on any atom is -0.374 e. The van der Waals surface area contributed by atoms with E-state index in [4.69, 9.17) is 13.3 Å². The number of hydrogen-bond acceptors (Lipinski definition) is 3. The van der Waals surface area contributed by atoms with Gasteiger partial charge < -0.3 is 13.3 Å². The van der Waals surface area contributed by atoms with E-state index in [2.05, 4.69) is 0 Å². The number of hydrogen-bond donors (Lipinski definition) is 0. The van der Waals surface area contributed by atoms with Gasteiger partial charge in [0.2, 0.25) is 0 Å². The summed E-state index contributed by atoms with van der Waals surface area (Å²) in [6.07, 6.45) is 0.770. The highest BCUT2D eigenvalue weighted by atomic mass is 28.4. The van der Waals surface area contributed by atoms with Crippen LogP contribution in [-0.4, -0.2) is 28.6 Å². The molecule has 1 aromatic rings. The zero-order valence-electron chi connectivity index (χ0n) is 11.9. The third-order valence-corrected chi connectivity index (χ3v) is 5.77. The zero-order chi connectivity index (χ0) is 14.1. The highest BCUT2D eigenvalue weighted by Gasteiger charge is 2.39. The van der Waals surface area contributed by atoms with Crippen molar-refractivity contribution in [3.63, 3.8) is 0 Å². The Labute approximate surface area is 116 Å². The molecule has 19 heavy (non-hydrogen) atoms.